The van der Waals surface area contributed by atoms with Gasteiger partial charge in [-0.2, -0.15) is 5.21 Å². The van der Waals surface area contributed by atoms with Gasteiger partial charge in [-0.25, -0.2) is 0 Å². The summed E-state index contributed by atoms with van der Waals surface area (Å²) in [5, 5.41) is 28.4. The van der Waals surface area contributed by atoms with Crippen LogP contribution in [-0.2, 0) is 0 Å². The fraction of sp³-hybridized carbons (Fsp3) is 0.167. The van der Waals surface area contributed by atoms with Crippen LogP contribution in [0.4, 0.5) is 11.4 Å². The van der Waals surface area contributed by atoms with Crippen LogP contribution in [0.5, 0.6) is 0 Å². The van der Waals surface area contributed by atoms with Crippen LogP contribution in [0.3, 0.4) is 0 Å². The lowest BCUT2D eigenvalue weighted by Gasteiger charge is -2.12. The van der Waals surface area contributed by atoms with E-state index < -0.39 is 4.92 Å². The molecule has 0 spiro atoms. The van der Waals surface area contributed by atoms with Crippen molar-refractivity contribution in [1.82, 2.24) is 25.6 Å². The van der Waals surface area contributed by atoms with E-state index in [-0.39, 0.29) is 11.7 Å². The quantitative estimate of drug-likeness (QED) is 0.553. The minimum atomic E-state index is -0.421. The Morgan fingerprint density at radius 1 is 1.38 bits per heavy atom. The predicted molar refractivity (Wildman–Crippen MR) is 74.6 cm³/mol. The molecule has 0 aliphatic carbocycles. The summed E-state index contributed by atoms with van der Waals surface area (Å²) in [4.78, 5) is 15.1. The number of nitrogens with zero attached hydrogens (tertiary/aromatic N) is 5. The molecule has 0 saturated heterocycles. The van der Waals surface area contributed by atoms with Crippen LogP contribution < -0.4 is 5.32 Å². The van der Waals surface area contributed by atoms with Gasteiger partial charge >= 0.3 is 5.69 Å². The van der Waals surface area contributed by atoms with Crippen molar-refractivity contribution in [3.05, 3.63) is 46.4 Å². The molecule has 106 valence electrons. The molecule has 2 aromatic heterocycles. The molecule has 2 heterocycles. The standard InChI is InChI=1S/C12H11N7O2/c1-7(12-15-17-18-16-12)14-10-5-4-9-8(3-2-6-13-9)11(10)19(20)21/h2-7,14H,1H3,(H,15,16,17,18). The van der Waals surface area contributed by atoms with E-state index in [1.54, 1.807) is 37.4 Å². The van der Waals surface area contributed by atoms with Gasteiger partial charge in [-0.15, -0.1) is 10.2 Å². The zero-order chi connectivity index (χ0) is 14.8. The van der Waals surface area contributed by atoms with Crippen molar-refractivity contribution in [2.75, 3.05) is 5.32 Å². The van der Waals surface area contributed by atoms with Gasteiger partial charge in [-0.1, -0.05) is 5.21 Å². The molecule has 0 bridgehead atoms. The number of benzene rings is 1. The van der Waals surface area contributed by atoms with Crippen LogP contribution in [0, 0.1) is 10.1 Å². The van der Waals surface area contributed by atoms with Gasteiger partial charge < -0.3 is 5.32 Å². The Labute approximate surface area is 118 Å². The third-order valence-corrected chi connectivity index (χ3v) is 3.06. The second kappa shape index (κ2) is 5.12. The number of nitro benzene ring substituents is 1. The molecular weight excluding hydrogens is 274 g/mol. The molecular formula is C12H11N7O2. The zero-order valence-corrected chi connectivity index (χ0v) is 11.0. The topological polar surface area (TPSA) is 123 Å². The van der Waals surface area contributed by atoms with E-state index in [0.717, 1.165) is 0 Å². The number of hydrogen-bond donors (Lipinski definition) is 2. The summed E-state index contributed by atoms with van der Waals surface area (Å²) in [6.07, 6.45) is 1.60. The number of aromatic nitrogens is 5. The monoisotopic (exact) mass is 285 g/mol. The largest absolute Gasteiger partial charge is 0.370 e. The van der Waals surface area contributed by atoms with E-state index in [0.29, 0.717) is 22.4 Å². The highest BCUT2D eigenvalue weighted by atomic mass is 16.6. The molecule has 0 aliphatic heterocycles. The highest BCUT2D eigenvalue weighted by molar-refractivity contribution is 5.94. The summed E-state index contributed by atoms with van der Waals surface area (Å²) in [5.41, 5.74) is 0.940. The molecule has 1 unspecified atom stereocenters. The van der Waals surface area contributed by atoms with Crippen LogP contribution in [0.1, 0.15) is 18.8 Å². The van der Waals surface area contributed by atoms with E-state index in [1.807, 2.05) is 0 Å². The Morgan fingerprint density at radius 2 is 2.24 bits per heavy atom. The number of fused-ring (bicyclic) bond motifs is 1. The molecule has 3 aromatic rings. The zero-order valence-electron chi connectivity index (χ0n) is 11.0. The Balaban J connectivity index is 2.06. The highest BCUT2D eigenvalue weighted by Crippen LogP contribution is 2.34. The van der Waals surface area contributed by atoms with Gasteiger partial charge in [0.2, 0.25) is 0 Å². The lowest BCUT2D eigenvalue weighted by Crippen LogP contribution is -2.10. The van der Waals surface area contributed by atoms with Gasteiger partial charge in [-0.05, 0) is 31.2 Å². The van der Waals surface area contributed by atoms with E-state index in [4.69, 9.17) is 0 Å². The summed E-state index contributed by atoms with van der Waals surface area (Å²) in [6, 6.07) is 6.38. The minimum absolute atomic E-state index is 0.0176. The van der Waals surface area contributed by atoms with Crippen molar-refractivity contribution >= 4 is 22.3 Å². The van der Waals surface area contributed by atoms with Gasteiger partial charge in [0.25, 0.3) is 0 Å². The molecule has 9 heteroatoms. The summed E-state index contributed by atoms with van der Waals surface area (Å²) >= 11 is 0. The van der Waals surface area contributed by atoms with Crippen LogP contribution in [0.2, 0.25) is 0 Å². The van der Waals surface area contributed by atoms with E-state index in [9.17, 15) is 10.1 Å². The number of rotatable bonds is 4. The maximum atomic E-state index is 11.4. The molecule has 1 atom stereocenters. The first kappa shape index (κ1) is 12.9. The van der Waals surface area contributed by atoms with Gasteiger partial charge in [0.15, 0.2) is 5.82 Å². The minimum Gasteiger partial charge on any atom is -0.370 e. The number of nitrogens with one attached hydrogen (secondary N) is 2. The molecule has 9 nitrogen and oxygen atoms in total. The van der Waals surface area contributed by atoms with Gasteiger partial charge in [-0.3, -0.25) is 15.1 Å². The first-order valence-corrected chi connectivity index (χ1v) is 6.19. The lowest BCUT2D eigenvalue weighted by atomic mass is 10.1. The Kier molecular flexibility index (Phi) is 3.14. The van der Waals surface area contributed by atoms with Crippen molar-refractivity contribution < 1.29 is 4.92 Å². The number of nitro groups is 1. The lowest BCUT2D eigenvalue weighted by molar-refractivity contribution is -0.382. The summed E-state index contributed by atoms with van der Waals surface area (Å²) < 4.78 is 0. The maximum absolute atomic E-state index is 11.4. The third-order valence-electron chi connectivity index (χ3n) is 3.06. The van der Waals surface area contributed by atoms with Crippen molar-refractivity contribution in [2.45, 2.75) is 13.0 Å². The molecule has 0 radical (unpaired) electrons. The number of H-pyrrole nitrogens is 1. The molecule has 21 heavy (non-hydrogen) atoms. The van der Waals surface area contributed by atoms with Crippen LogP contribution >= 0.6 is 0 Å². The molecule has 0 aliphatic rings. The number of aromatic amines is 1. The Bertz CT molecular complexity index is 787. The van der Waals surface area contributed by atoms with Crippen LogP contribution in [0.25, 0.3) is 10.9 Å². The van der Waals surface area contributed by atoms with E-state index >= 15 is 0 Å². The Morgan fingerprint density at radius 3 is 2.95 bits per heavy atom. The number of hydrogen-bond acceptors (Lipinski definition) is 7. The van der Waals surface area contributed by atoms with Gasteiger partial charge in [0, 0.05) is 6.20 Å². The second-order valence-electron chi connectivity index (χ2n) is 4.42. The van der Waals surface area contributed by atoms with Crippen molar-refractivity contribution in [2.24, 2.45) is 0 Å². The summed E-state index contributed by atoms with van der Waals surface area (Å²) in [6.45, 7) is 1.79. The molecule has 0 fully saturated rings. The molecule has 2 N–H and O–H groups in total. The number of anilines is 1. The third kappa shape index (κ3) is 2.36. The van der Waals surface area contributed by atoms with E-state index in [2.05, 4.69) is 30.9 Å². The van der Waals surface area contributed by atoms with Crippen molar-refractivity contribution in [3.63, 3.8) is 0 Å². The Hall–Kier alpha value is -3.10. The molecule has 0 saturated carbocycles. The normalized spacial score (nSPS) is 12.2. The first-order chi connectivity index (χ1) is 10.2. The smallest absolute Gasteiger partial charge is 0.301 e. The molecule has 0 amide bonds. The summed E-state index contributed by atoms with van der Waals surface area (Å²) in [5.74, 6) is 0.426. The predicted octanol–water partition coefficient (Wildman–Crippen LogP) is 1.83. The van der Waals surface area contributed by atoms with E-state index in [1.165, 1.54) is 0 Å². The second-order valence-corrected chi connectivity index (χ2v) is 4.42. The first-order valence-electron chi connectivity index (χ1n) is 6.19. The number of tetrazole rings is 1. The van der Waals surface area contributed by atoms with Crippen molar-refractivity contribution in [3.8, 4) is 0 Å². The fourth-order valence-corrected chi connectivity index (χ4v) is 2.10. The number of pyridine rings is 1. The maximum Gasteiger partial charge on any atom is 0.301 e. The SMILES string of the molecule is CC(Nc1ccc2ncccc2c1[N+](=O)[O-])c1nn[nH]n1. The average Bonchev–Trinajstić information content (AvgIpc) is 3.01. The van der Waals surface area contributed by atoms with Crippen LogP contribution in [-0.4, -0.2) is 30.5 Å². The van der Waals surface area contributed by atoms with Crippen LogP contribution in [0.15, 0.2) is 30.5 Å². The highest BCUT2D eigenvalue weighted by Gasteiger charge is 2.21. The summed E-state index contributed by atoms with van der Waals surface area (Å²) in [7, 11) is 0. The molecule has 1 aromatic carbocycles. The fourth-order valence-electron chi connectivity index (χ4n) is 2.10. The van der Waals surface area contributed by atoms with Gasteiger partial charge in [0.1, 0.15) is 5.69 Å². The average molecular weight is 285 g/mol. The van der Waals surface area contributed by atoms with Gasteiger partial charge in [0.05, 0.1) is 21.9 Å². The molecule has 3 rings (SSSR count). The van der Waals surface area contributed by atoms with Crippen molar-refractivity contribution in [1.29, 1.82) is 0 Å².